The summed E-state index contributed by atoms with van der Waals surface area (Å²) in [6, 6.07) is 3.12. The maximum atomic E-state index is 12.3. The number of carbonyl (C=O) groups excluding carboxylic acids is 1. The van der Waals surface area contributed by atoms with Crippen LogP contribution in [0.25, 0.3) is 0 Å². The highest BCUT2D eigenvalue weighted by Crippen LogP contribution is 2.26. The Bertz CT molecular complexity index is 491. The molecule has 1 atom stereocenters. The second kappa shape index (κ2) is 6.85. The maximum Gasteiger partial charge on any atom is 0.387 e. The van der Waals surface area contributed by atoms with Gasteiger partial charge in [-0.15, -0.1) is 0 Å². The normalized spacial score (nSPS) is 18.0. The molecule has 1 aromatic rings. The Morgan fingerprint density at radius 2 is 2.10 bits per heavy atom. The zero-order valence-electron chi connectivity index (χ0n) is 12.1. The highest BCUT2D eigenvalue weighted by atomic mass is 19.3. The lowest BCUT2D eigenvalue weighted by atomic mass is 10.0. The number of nitrogens with one attached hydrogen (secondary N) is 1. The van der Waals surface area contributed by atoms with E-state index in [0.717, 1.165) is 13.0 Å². The zero-order valence-corrected chi connectivity index (χ0v) is 12.1. The number of aryl methyl sites for hydroxylation is 2. The average Bonchev–Trinajstić information content (AvgIpc) is 2.93. The molecule has 0 spiro atoms. The van der Waals surface area contributed by atoms with E-state index in [1.807, 2.05) is 0 Å². The van der Waals surface area contributed by atoms with Crippen LogP contribution in [0.4, 0.5) is 8.78 Å². The molecule has 1 heterocycles. The first kappa shape index (κ1) is 15.7. The third-order valence-electron chi connectivity index (χ3n) is 3.50. The topological polar surface area (TPSA) is 47.6 Å². The van der Waals surface area contributed by atoms with Crippen molar-refractivity contribution in [2.45, 2.75) is 26.9 Å². The van der Waals surface area contributed by atoms with E-state index in [9.17, 15) is 13.6 Å². The number of amides is 1. The standard InChI is InChI=1S/C15H19F2NO3/c1-9-5-12(6-10(2)13(9)21-15(16)17)14(19)18-7-11-3-4-20-8-11/h5-6,11,15H,3-4,7-8H2,1-2H3,(H,18,19). The largest absolute Gasteiger partial charge is 0.434 e. The fourth-order valence-corrected chi connectivity index (χ4v) is 2.44. The van der Waals surface area contributed by atoms with Crippen LogP contribution in [-0.4, -0.2) is 32.3 Å². The van der Waals surface area contributed by atoms with Crippen molar-refractivity contribution in [2.75, 3.05) is 19.8 Å². The molecular formula is C15H19F2NO3. The summed E-state index contributed by atoms with van der Waals surface area (Å²) in [7, 11) is 0. The molecule has 1 aliphatic heterocycles. The Morgan fingerprint density at radius 3 is 2.62 bits per heavy atom. The van der Waals surface area contributed by atoms with Crippen molar-refractivity contribution in [1.82, 2.24) is 5.32 Å². The quantitative estimate of drug-likeness (QED) is 0.909. The van der Waals surface area contributed by atoms with Gasteiger partial charge in [0, 0.05) is 24.6 Å². The van der Waals surface area contributed by atoms with Crippen molar-refractivity contribution in [1.29, 1.82) is 0 Å². The first-order chi connectivity index (χ1) is 9.97. The van der Waals surface area contributed by atoms with Gasteiger partial charge in [-0.05, 0) is 43.5 Å². The third-order valence-corrected chi connectivity index (χ3v) is 3.50. The van der Waals surface area contributed by atoms with Gasteiger partial charge < -0.3 is 14.8 Å². The van der Waals surface area contributed by atoms with Gasteiger partial charge in [0.05, 0.1) is 6.61 Å². The SMILES string of the molecule is Cc1cc(C(=O)NCC2CCOC2)cc(C)c1OC(F)F. The van der Waals surface area contributed by atoms with E-state index in [0.29, 0.717) is 35.8 Å². The van der Waals surface area contributed by atoms with Gasteiger partial charge in [-0.3, -0.25) is 4.79 Å². The molecule has 1 unspecified atom stereocenters. The summed E-state index contributed by atoms with van der Waals surface area (Å²) < 4.78 is 34.4. The zero-order chi connectivity index (χ0) is 15.4. The Kier molecular flexibility index (Phi) is 5.12. The number of benzene rings is 1. The van der Waals surface area contributed by atoms with Crippen LogP contribution >= 0.6 is 0 Å². The molecule has 1 N–H and O–H groups in total. The number of rotatable bonds is 5. The van der Waals surface area contributed by atoms with Gasteiger partial charge in [-0.1, -0.05) is 0 Å². The van der Waals surface area contributed by atoms with Crippen molar-refractivity contribution in [2.24, 2.45) is 5.92 Å². The van der Waals surface area contributed by atoms with Gasteiger partial charge in [0.2, 0.25) is 0 Å². The molecule has 1 aliphatic rings. The minimum absolute atomic E-state index is 0.130. The average molecular weight is 299 g/mol. The van der Waals surface area contributed by atoms with Gasteiger partial charge in [-0.2, -0.15) is 8.78 Å². The van der Waals surface area contributed by atoms with Crippen molar-refractivity contribution in [3.63, 3.8) is 0 Å². The summed E-state index contributed by atoms with van der Waals surface area (Å²) in [5.74, 6) is 0.264. The molecule has 21 heavy (non-hydrogen) atoms. The van der Waals surface area contributed by atoms with Gasteiger partial charge >= 0.3 is 6.61 Å². The van der Waals surface area contributed by atoms with Crippen LogP contribution in [0, 0.1) is 19.8 Å². The molecule has 0 aromatic heterocycles. The van der Waals surface area contributed by atoms with Gasteiger partial charge in [0.1, 0.15) is 5.75 Å². The van der Waals surface area contributed by atoms with Crippen molar-refractivity contribution in [3.05, 3.63) is 28.8 Å². The lowest BCUT2D eigenvalue weighted by Crippen LogP contribution is -2.29. The molecule has 0 radical (unpaired) electrons. The van der Waals surface area contributed by atoms with E-state index in [4.69, 9.17) is 4.74 Å². The maximum absolute atomic E-state index is 12.3. The fourth-order valence-electron chi connectivity index (χ4n) is 2.44. The van der Waals surface area contributed by atoms with Gasteiger partial charge in [-0.25, -0.2) is 0 Å². The molecule has 116 valence electrons. The number of carbonyl (C=O) groups is 1. The number of hydrogen-bond acceptors (Lipinski definition) is 3. The first-order valence-electron chi connectivity index (χ1n) is 6.89. The summed E-state index contributed by atoms with van der Waals surface area (Å²) in [5, 5.41) is 2.85. The second-order valence-electron chi connectivity index (χ2n) is 5.26. The van der Waals surface area contributed by atoms with Crippen molar-refractivity contribution in [3.8, 4) is 5.75 Å². The molecule has 1 fully saturated rings. The van der Waals surface area contributed by atoms with E-state index in [-0.39, 0.29) is 11.7 Å². The highest BCUT2D eigenvalue weighted by molar-refractivity contribution is 5.94. The number of ether oxygens (including phenoxy) is 2. The van der Waals surface area contributed by atoms with Crippen LogP contribution in [-0.2, 0) is 4.74 Å². The van der Waals surface area contributed by atoms with E-state index in [2.05, 4.69) is 10.1 Å². The van der Waals surface area contributed by atoms with Crippen LogP contribution in [0.15, 0.2) is 12.1 Å². The van der Waals surface area contributed by atoms with Crippen LogP contribution in [0.2, 0.25) is 0 Å². The Hall–Kier alpha value is -1.69. The molecular weight excluding hydrogens is 280 g/mol. The number of hydrogen-bond donors (Lipinski definition) is 1. The second-order valence-corrected chi connectivity index (χ2v) is 5.26. The smallest absolute Gasteiger partial charge is 0.387 e. The molecule has 1 amide bonds. The lowest BCUT2D eigenvalue weighted by molar-refractivity contribution is -0.0507. The number of halogens is 2. The van der Waals surface area contributed by atoms with Crippen LogP contribution < -0.4 is 10.1 Å². The van der Waals surface area contributed by atoms with Crippen molar-refractivity contribution < 1.29 is 23.0 Å². The van der Waals surface area contributed by atoms with Crippen LogP contribution in [0.5, 0.6) is 5.75 Å². The van der Waals surface area contributed by atoms with E-state index in [1.165, 1.54) is 0 Å². The van der Waals surface area contributed by atoms with E-state index >= 15 is 0 Å². The molecule has 1 saturated heterocycles. The molecule has 0 bridgehead atoms. The summed E-state index contributed by atoms with van der Waals surface area (Å²) in [5.41, 5.74) is 1.49. The Morgan fingerprint density at radius 1 is 1.43 bits per heavy atom. The Labute approximate surface area is 122 Å². The number of alkyl halides is 2. The van der Waals surface area contributed by atoms with Crippen LogP contribution in [0.3, 0.4) is 0 Å². The fraction of sp³-hybridized carbons (Fsp3) is 0.533. The van der Waals surface area contributed by atoms with Gasteiger partial charge in [0.25, 0.3) is 5.91 Å². The molecule has 2 rings (SSSR count). The summed E-state index contributed by atoms with van der Waals surface area (Å²) >= 11 is 0. The summed E-state index contributed by atoms with van der Waals surface area (Å²) in [4.78, 5) is 12.1. The minimum Gasteiger partial charge on any atom is -0.434 e. The summed E-state index contributed by atoms with van der Waals surface area (Å²) in [6.07, 6.45) is 0.944. The van der Waals surface area contributed by atoms with Crippen LogP contribution in [0.1, 0.15) is 27.9 Å². The summed E-state index contributed by atoms with van der Waals surface area (Å²) in [6.45, 7) is 2.38. The predicted molar refractivity (Wildman–Crippen MR) is 73.8 cm³/mol. The van der Waals surface area contributed by atoms with Gasteiger partial charge in [0.15, 0.2) is 0 Å². The Balaban J connectivity index is 2.03. The molecule has 6 heteroatoms. The molecule has 1 aromatic carbocycles. The predicted octanol–water partition coefficient (Wildman–Crippen LogP) is 2.67. The monoisotopic (exact) mass is 299 g/mol. The first-order valence-corrected chi connectivity index (χ1v) is 6.89. The van der Waals surface area contributed by atoms with Crippen molar-refractivity contribution >= 4 is 5.91 Å². The molecule has 0 aliphatic carbocycles. The minimum atomic E-state index is -2.87. The third kappa shape index (κ3) is 4.14. The van der Waals surface area contributed by atoms with E-state index in [1.54, 1.807) is 26.0 Å². The molecule has 4 nitrogen and oxygen atoms in total. The highest BCUT2D eigenvalue weighted by Gasteiger charge is 2.18. The molecule has 0 saturated carbocycles. The van der Waals surface area contributed by atoms with E-state index < -0.39 is 6.61 Å². The lowest BCUT2D eigenvalue weighted by Gasteiger charge is -2.14.